The van der Waals surface area contributed by atoms with Crippen LogP contribution in [-0.4, -0.2) is 23.0 Å². The summed E-state index contributed by atoms with van der Waals surface area (Å²) in [6, 6.07) is 0. The highest BCUT2D eigenvalue weighted by Crippen LogP contribution is 2.32. The van der Waals surface area contributed by atoms with Crippen LogP contribution in [0, 0.1) is 0 Å². The van der Waals surface area contributed by atoms with Gasteiger partial charge in [-0.25, -0.2) is 14.8 Å². The van der Waals surface area contributed by atoms with E-state index in [1.807, 2.05) is 0 Å². The van der Waals surface area contributed by atoms with Crippen LogP contribution in [0.2, 0.25) is 5.02 Å². The number of nitrogens with zero attached hydrogens (tertiary/aromatic N) is 2. The highest BCUT2D eigenvalue weighted by molar-refractivity contribution is 6.31. The van der Waals surface area contributed by atoms with Crippen molar-refractivity contribution >= 4 is 17.6 Å². The number of carbonyl (C=O) groups excluding carboxylic acids is 1. The third kappa shape index (κ3) is 2.56. The van der Waals surface area contributed by atoms with Crippen LogP contribution in [0.25, 0.3) is 0 Å². The fraction of sp³-hybridized carbons (Fsp3) is 0.286. The van der Waals surface area contributed by atoms with E-state index in [1.54, 1.807) is 0 Å². The van der Waals surface area contributed by atoms with Crippen molar-refractivity contribution in [2.24, 2.45) is 0 Å². The number of esters is 1. The second kappa shape index (κ2) is 4.01. The van der Waals surface area contributed by atoms with Gasteiger partial charge >= 0.3 is 12.1 Å². The highest BCUT2D eigenvalue weighted by atomic mass is 35.5. The summed E-state index contributed by atoms with van der Waals surface area (Å²) in [4.78, 5) is 17.1. The smallest absolute Gasteiger partial charge is 0.434 e. The summed E-state index contributed by atoms with van der Waals surface area (Å²) in [5.74, 6) is -1.74. The van der Waals surface area contributed by atoms with E-state index < -0.39 is 28.7 Å². The molecule has 0 bridgehead atoms. The van der Waals surface area contributed by atoms with Gasteiger partial charge in [-0.05, 0) is 0 Å². The second-order valence-electron chi connectivity index (χ2n) is 2.38. The molecular formula is C7H4ClF3N2O2. The van der Waals surface area contributed by atoms with Crippen LogP contribution in [0.3, 0.4) is 0 Å². The predicted molar refractivity (Wildman–Crippen MR) is 43.4 cm³/mol. The van der Waals surface area contributed by atoms with Crippen molar-refractivity contribution in [3.63, 3.8) is 0 Å². The van der Waals surface area contributed by atoms with Crippen molar-refractivity contribution in [1.29, 1.82) is 0 Å². The molecule has 8 heteroatoms. The summed E-state index contributed by atoms with van der Waals surface area (Å²) in [5.41, 5.74) is -1.36. The molecule has 15 heavy (non-hydrogen) atoms. The topological polar surface area (TPSA) is 52.1 Å². The van der Waals surface area contributed by atoms with E-state index in [-0.39, 0.29) is 0 Å². The quantitative estimate of drug-likeness (QED) is 0.704. The Morgan fingerprint density at radius 1 is 1.53 bits per heavy atom. The first-order chi connectivity index (χ1) is 6.86. The molecule has 1 aromatic rings. The number of aromatic nitrogens is 2. The molecular weight excluding hydrogens is 237 g/mol. The van der Waals surface area contributed by atoms with Crippen LogP contribution in [0.1, 0.15) is 16.3 Å². The maximum Gasteiger partial charge on any atom is 0.434 e. The third-order valence-corrected chi connectivity index (χ3v) is 1.66. The number of carbonyl (C=O) groups is 1. The van der Waals surface area contributed by atoms with Gasteiger partial charge in [0, 0.05) is 0 Å². The van der Waals surface area contributed by atoms with E-state index in [1.165, 1.54) is 0 Å². The number of ether oxygens (including phenoxy) is 1. The van der Waals surface area contributed by atoms with Crippen LogP contribution in [0.4, 0.5) is 13.2 Å². The number of methoxy groups -OCH3 is 1. The normalized spacial score (nSPS) is 11.3. The summed E-state index contributed by atoms with van der Waals surface area (Å²) in [7, 11) is 1.01. The summed E-state index contributed by atoms with van der Waals surface area (Å²) in [6.07, 6.45) is -4.04. The fourth-order valence-corrected chi connectivity index (χ4v) is 0.954. The van der Waals surface area contributed by atoms with Crippen LogP contribution in [0.15, 0.2) is 6.20 Å². The van der Waals surface area contributed by atoms with E-state index >= 15 is 0 Å². The zero-order valence-corrected chi connectivity index (χ0v) is 8.06. The Hall–Kier alpha value is -1.37. The molecule has 0 saturated heterocycles. The molecule has 0 aliphatic rings. The van der Waals surface area contributed by atoms with Crippen molar-refractivity contribution in [1.82, 2.24) is 9.97 Å². The number of hydrogen-bond acceptors (Lipinski definition) is 4. The fourth-order valence-electron chi connectivity index (χ4n) is 0.756. The monoisotopic (exact) mass is 240 g/mol. The Labute approximate surface area is 87.0 Å². The minimum absolute atomic E-state index is 0.671. The third-order valence-electron chi connectivity index (χ3n) is 1.38. The molecule has 0 N–H and O–H groups in total. The molecule has 4 nitrogen and oxygen atoms in total. The molecule has 0 aliphatic carbocycles. The number of alkyl halides is 3. The summed E-state index contributed by atoms with van der Waals surface area (Å²) >= 11 is 5.23. The lowest BCUT2D eigenvalue weighted by Crippen LogP contribution is -2.15. The zero-order chi connectivity index (χ0) is 11.6. The lowest BCUT2D eigenvalue weighted by molar-refractivity contribution is -0.141. The summed E-state index contributed by atoms with van der Waals surface area (Å²) < 4.78 is 41.0. The Kier molecular flexibility index (Phi) is 3.13. The SMILES string of the molecule is COC(=O)c1ncc(Cl)c(C(F)(F)F)n1. The van der Waals surface area contributed by atoms with Gasteiger partial charge in [0.2, 0.25) is 5.82 Å². The lowest BCUT2D eigenvalue weighted by atomic mass is 10.4. The predicted octanol–water partition coefficient (Wildman–Crippen LogP) is 1.94. The molecule has 1 rings (SSSR count). The molecule has 0 aliphatic heterocycles. The van der Waals surface area contributed by atoms with Gasteiger partial charge in [0.25, 0.3) is 0 Å². The van der Waals surface area contributed by atoms with Crippen molar-refractivity contribution in [3.8, 4) is 0 Å². The highest BCUT2D eigenvalue weighted by Gasteiger charge is 2.36. The van der Waals surface area contributed by atoms with E-state index in [4.69, 9.17) is 11.6 Å². The first-order valence-corrected chi connectivity index (χ1v) is 3.92. The Morgan fingerprint density at radius 3 is 2.60 bits per heavy atom. The zero-order valence-electron chi connectivity index (χ0n) is 7.30. The molecule has 0 spiro atoms. The largest absolute Gasteiger partial charge is 0.463 e. The molecule has 82 valence electrons. The molecule has 0 fully saturated rings. The van der Waals surface area contributed by atoms with E-state index in [2.05, 4.69) is 14.7 Å². The van der Waals surface area contributed by atoms with Crippen LogP contribution >= 0.6 is 11.6 Å². The van der Waals surface area contributed by atoms with Crippen molar-refractivity contribution in [3.05, 3.63) is 22.7 Å². The molecule has 0 radical (unpaired) electrons. The molecule has 1 heterocycles. The van der Waals surface area contributed by atoms with Crippen LogP contribution < -0.4 is 0 Å². The van der Waals surface area contributed by atoms with Crippen molar-refractivity contribution in [2.45, 2.75) is 6.18 Å². The average molecular weight is 241 g/mol. The van der Waals surface area contributed by atoms with Crippen LogP contribution in [-0.2, 0) is 10.9 Å². The number of rotatable bonds is 1. The molecule has 0 atom stereocenters. The standard InChI is InChI=1S/C7H4ClF3N2O2/c1-15-6(14)5-12-2-3(8)4(13-5)7(9,10)11/h2H,1H3. The first kappa shape index (κ1) is 11.7. The number of hydrogen-bond donors (Lipinski definition) is 0. The number of halogens is 4. The van der Waals surface area contributed by atoms with Gasteiger partial charge in [-0.2, -0.15) is 13.2 Å². The maximum absolute atomic E-state index is 12.3. The Bertz CT molecular complexity index is 394. The second-order valence-corrected chi connectivity index (χ2v) is 2.79. The Balaban J connectivity index is 3.23. The van der Waals surface area contributed by atoms with E-state index in [9.17, 15) is 18.0 Å². The molecule has 0 amide bonds. The molecule has 0 unspecified atom stereocenters. The molecule has 1 aromatic heterocycles. The van der Waals surface area contributed by atoms with Gasteiger partial charge in [-0.3, -0.25) is 0 Å². The Morgan fingerprint density at radius 2 is 2.13 bits per heavy atom. The van der Waals surface area contributed by atoms with Gasteiger partial charge in [0.15, 0.2) is 5.69 Å². The van der Waals surface area contributed by atoms with Gasteiger partial charge < -0.3 is 4.74 Å². The minimum Gasteiger partial charge on any atom is -0.463 e. The molecule has 0 aromatic carbocycles. The maximum atomic E-state index is 12.3. The van der Waals surface area contributed by atoms with Gasteiger partial charge in [0.05, 0.1) is 18.3 Å². The van der Waals surface area contributed by atoms with Crippen LogP contribution in [0.5, 0.6) is 0 Å². The molecule has 0 saturated carbocycles. The minimum atomic E-state index is -4.73. The summed E-state index contributed by atoms with van der Waals surface area (Å²) in [5, 5.41) is -0.671. The van der Waals surface area contributed by atoms with Crippen molar-refractivity contribution < 1.29 is 22.7 Å². The summed E-state index contributed by atoms with van der Waals surface area (Å²) in [6.45, 7) is 0. The van der Waals surface area contributed by atoms with E-state index in [0.29, 0.717) is 6.20 Å². The van der Waals surface area contributed by atoms with Gasteiger partial charge in [-0.1, -0.05) is 11.6 Å². The van der Waals surface area contributed by atoms with Gasteiger partial charge in [-0.15, -0.1) is 0 Å². The van der Waals surface area contributed by atoms with Gasteiger partial charge in [0.1, 0.15) is 0 Å². The van der Waals surface area contributed by atoms with Crippen molar-refractivity contribution in [2.75, 3.05) is 7.11 Å². The average Bonchev–Trinajstić information content (AvgIpc) is 2.15. The lowest BCUT2D eigenvalue weighted by Gasteiger charge is -2.07. The first-order valence-electron chi connectivity index (χ1n) is 3.54. The van der Waals surface area contributed by atoms with E-state index in [0.717, 1.165) is 7.11 Å².